The Morgan fingerprint density at radius 2 is 2.00 bits per heavy atom. The number of halogens is 1. The summed E-state index contributed by atoms with van der Waals surface area (Å²) in [5.74, 6) is 1.32. The van der Waals surface area contributed by atoms with Crippen molar-refractivity contribution in [3.8, 4) is 5.69 Å². The molecule has 0 amide bonds. The zero-order chi connectivity index (χ0) is 20.0. The highest BCUT2D eigenvalue weighted by atomic mass is 127. The van der Waals surface area contributed by atoms with Gasteiger partial charge in [-0.05, 0) is 26.0 Å². The SMILES string of the molecule is CCNC(=NCc1nncn1-c1ccccc1)NCC(C)(O)c1cnn(C)c1.I. The number of guanidine groups is 1. The van der Waals surface area contributed by atoms with E-state index in [0.717, 1.165) is 17.1 Å². The standard InChI is InChI=1S/C19H26N8O.HI/c1-4-20-18(22-13-19(2,28)15-10-24-26(3)12-15)21-11-17-25-23-14-27(17)16-8-6-5-7-9-16;/h5-10,12,14,28H,4,11,13H2,1-3H3,(H2,20,21,22);1H. The number of hydrogen-bond acceptors (Lipinski definition) is 5. The molecule has 3 aromatic rings. The Kier molecular flexibility index (Phi) is 8.14. The number of benzene rings is 1. The van der Waals surface area contributed by atoms with Crippen LogP contribution in [0.2, 0.25) is 0 Å². The lowest BCUT2D eigenvalue weighted by Gasteiger charge is -2.23. The first-order valence-corrected chi connectivity index (χ1v) is 9.17. The number of aryl methyl sites for hydroxylation is 1. The minimum absolute atomic E-state index is 0. The Balaban J connectivity index is 0.00000300. The van der Waals surface area contributed by atoms with Crippen LogP contribution in [-0.4, -0.2) is 48.7 Å². The van der Waals surface area contributed by atoms with Gasteiger partial charge in [0.2, 0.25) is 0 Å². The molecule has 9 nitrogen and oxygen atoms in total. The summed E-state index contributed by atoms with van der Waals surface area (Å²) in [7, 11) is 1.82. The normalized spacial score (nSPS) is 13.4. The number of nitrogens with one attached hydrogen (secondary N) is 2. The van der Waals surface area contributed by atoms with Crippen LogP contribution in [0.1, 0.15) is 25.2 Å². The minimum Gasteiger partial charge on any atom is -0.383 e. The quantitative estimate of drug-likeness (QED) is 0.253. The molecule has 0 aliphatic heterocycles. The molecule has 1 aromatic carbocycles. The van der Waals surface area contributed by atoms with E-state index in [-0.39, 0.29) is 30.5 Å². The van der Waals surface area contributed by atoms with Crippen molar-refractivity contribution < 1.29 is 5.11 Å². The van der Waals surface area contributed by atoms with Gasteiger partial charge in [0.1, 0.15) is 18.5 Å². The molecule has 0 aliphatic rings. The van der Waals surface area contributed by atoms with Crippen molar-refractivity contribution in [3.05, 3.63) is 60.4 Å². The molecule has 0 aliphatic carbocycles. The smallest absolute Gasteiger partial charge is 0.191 e. The maximum Gasteiger partial charge on any atom is 0.191 e. The van der Waals surface area contributed by atoms with E-state index < -0.39 is 5.60 Å². The van der Waals surface area contributed by atoms with E-state index in [2.05, 4.69) is 30.9 Å². The zero-order valence-corrected chi connectivity index (χ0v) is 19.1. The summed E-state index contributed by atoms with van der Waals surface area (Å²) >= 11 is 0. The van der Waals surface area contributed by atoms with E-state index >= 15 is 0 Å². The molecule has 1 atom stereocenters. The third-order valence-electron chi connectivity index (χ3n) is 4.30. The molecule has 0 saturated heterocycles. The molecule has 3 N–H and O–H groups in total. The molecule has 1 unspecified atom stereocenters. The van der Waals surface area contributed by atoms with Crippen molar-refractivity contribution in [2.24, 2.45) is 12.0 Å². The Morgan fingerprint density at radius 1 is 1.24 bits per heavy atom. The fourth-order valence-electron chi connectivity index (χ4n) is 2.72. The molecule has 0 fully saturated rings. The third-order valence-corrected chi connectivity index (χ3v) is 4.30. The van der Waals surface area contributed by atoms with Crippen LogP contribution in [0, 0.1) is 0 Å². The molecule has 0 radical (unpaired) electrons. The summed E-state index contributed by atoms with van der Waals surface area (Å²) in [6, 6.07) is 9.88. The van der Waals surface area contributed by atoms with E-state index in [4.69, 9.17) is 0 Å². The van der Waals surface area contributed by atoms with E-state index in [9.17, 15) is 5.11 Å². The van der Waals surface area contributed by atoms with Crippen LogP contribution in [-0.2, 0) is 19.2 Å². The van der Waals surface area contributed by atoms with Crippen molar-refractivity contribution in [2.45, 2.75) is 26.0 Å². The minimum atomic E-state index is -1.07. The summed E-state index contributed by atoms with van der Waals surface area (Å²) in [4.78, 5) is 4.58. The number of nitrogens with zero attached hydrogens (tertiary/aromatic N) is 6. The highest BCUT2D eigenvalue weighted by molar-refractivity contribution is 14.0. The van der Waals surface area contributed by atoms with Crippen molar-refractivity contribution in [1.29, 1.82) is 0 Å². The van der Waals surface area contributed by atoms with Gasteiger partial charge in [0.15, 0.2) is 11.8 Å². The highest BCUT2D eigenvalue weighted by Gasteiger charge is 2.25. The topological polar surface area (TPSA) is 105 Å². The third kappa shape index (κ3) is 6.00. The molecule has 0 bridgehead atoms. The molecule has 10 heteroatoms. The lowest BCUT2D eigenvalue weighted by molar-refractivity contribution is 0.0616. The van der Waals surface area contributed by atoms with Crippen LogP contribution in [0.15, 0.2) is 54.0 Å². The van der Waals surface area contributed by atoms with Crippen molar-refractivity contribution in [2.75, 3.05) is 13.1 Å². The van der Waals surface area contributed by atoms with Gasteiger partial charge in [0.05, 0.1) is 12.7 Å². The van der Waals surface area contributed by atoms with Gasteiger partial charge in [-0.15, -0.1) is 34.2 Å². The average molecular weight is 510 g/mol. The number of para-hydroxylation sites is 1. The van der Waals surface area contributed by atoms with Crippen LogP contribution >= 0.6 is 24.0 Å². The highest BCUT2D eigenvalue weighted by Crippen LogP contribution is 2.18. The van der Waals surface area contributed by atoms with E-state index in [1.807, 2.05) is 48.9 Å². The summed E-state index contributed by atoms with van der Waals surface area (Å²) in [5, 5.41) is 29.4. The predicted octanol–water partition coefficient (Wildman–Crippen LogP) is 1.58. The maximum absolute atomic E-state index is 10.7. The van der Waals surface area contributed by atoms with Gasteiger partial charge in [-0.3, -0.25) is 9.25 Å². The Bertz CT molecular complexity index is 919. The summed E-state index contributed by atoms with van der Waals surface area (Å²) < 4.78 is 3.57. The van der Waals surface area contributed by atoms with Gasteiger partial charge in [0.25, 0.3) is 0 Å². The van der Waals surface area contributed by atoms with Gasteiger partial charge in [-0.25, -0.2) is 4.99 Å². The second kappa shape index (κ2) is 10.3. The van der Waals surface area contributed by atoms with Crippen LogP contribution in [0.25, 0.3) is 5.69 Å². The van der Waals surface area contributed by atoms with Crippen LogP contribution in [0.5, 0.6) is 0 Å². The monoisotopic (exact) mass is 510 g/mol. The Labute approximate surface area is 187 Å². The lowest BCUT2D eigenvalue weighted by atomic mass is 10.00. The predicted molar refractivity (Wildman–Crippen MR) is 122 cm³/mol. The van der Waals surface area contributed by atoms with Crippen molar-refractivity contribution in [3.63, 3.8) is 0 Å². The van der Waals surface area contributed by atoms with E-state index in [1.54, 1.807) is 30.3 Å². The second-order valence-corrected chi connectivity index (χ2v) is 6.68. The van der Waals surface area contributed by atoms with Gasteiger partial charge in [-0.1, -0.05) is 18.2 Å². The Hall–Kier alpha value is -2.47. The number of aliphatic imine (C=N–C) groups is 1. The van der Waals surface area contributed by atoms with Gasteiger partial charge in [-0.2, -0.15) is 5.10 Å². The average Bonchev–Trinajstić information content (AvgIpc) is 3.34. The second-order valence-electron chi connectivity index (χ2n) is 6.68. The molecule has 156 valence electrons. The van der Waals surface area contributed by atoms with Crippen LogP contribution in [0.3, 0.4) is 0 Å². The molecular formula is C19H27IN8O. The maximum atomic E-state index is 10.7. The van der Waals surface area contributed by atoms with Crippen LogP contribution < -0.4 is 10.6 Å². The van der Waals surface area contributed by atoms with Crippen molar-refractivity contribution in [1.82, 2.24) is 35.2 Å². The largest absolute Gasteiger partial charge is 0.383 e. The zero-order valence-electron chi connectivity index (χ0n) is 16.8. The summed E-state index contributed by atoms with van der Waals surface area (Å²) in [5.41, 5.74) is 0.645. The first kappa shape index (κ1) is 22.8. The molecule has 29 heavy (non-hydrogen) atoms. The number of rotatable bonds is 7. The number of aliphatic hydroxyl groups is 1. The first-order valence-electron chi connectivity index (χ1n) is 9.17. The molecular weight excluding hydrogens is 483 g/mol. The lowest BCUT2D eigenvalue weighted by Crippen LogP contribution is -2.44. The number of hydrogen-bond donors (Lipinski definition) is 3. The summed E-state index contributed by atoms with van der Waals surface area (Å²) in [6.45, 7) is 5.07. The van der Waals surface area contributed by atoms with E-state index in [1.165, 1.54) is 0 Å². The van der Waals surface area contributed by atoms with E-state index in [0.29, 0.717) is 19.0 Å². The van der Waals surface area contributed by atoms with Gasteiger partial charge < -0.3 is 15.7 Å². The van der Waals surface area contributed by atoms with Crippen molar-refractivity contribution >= 4 is 29.9 Å². The Morgan fingerprint density at radius 3 is 2.66 bits per heavy atom. The van der Waals surface area contributed by atoms with Gasteiger partial charge >= 0.3 is 0 Å². The molecule has 0 spiro atoms. The summed E-state index contributed by atoms with van der Waals surface area (Å²) in [6.07, 6.45) is 5.13. The van der Waals surface area contributed by atoms with Gasteiger partial charge in [0, 0.05) is 31.0 Å². The fourth-order valence-corrected chi connectivity index (χ4v) is 2.72. The number of aromatic nitrogens is 5. The first-order chi connectivity index (χ1) is 13.5. The molecule has 3 rings (SSSR count). The fraction of sp³-hybridized carbons (Fsp3) is 0.368. The molecule has 0 saturated carbocycles. The van der Waals surface area contributed by atoms with Crippen LogP contribution in [0.4, 0.5) is 0 Å². The molecule has 2 aromatic heterocycles. The molecule has 2 heterocycles.